The van der Waals surface area contributed by atoms with Crippen molar-refractivity contribution in [2.24, 2.45) is 0 Å². The van der Waals surface area contributed by atoms with Gasteiger partial charge in [-0.05, 0) is 54.5 Å². The molecule has 0 atom stereocenters. The van der Waals surface area contributed by atoms with Gasteiger partial charge in [0.05, 0.1) is 9.26 Å². The summed E-state index contributed by atoms with van der Waals surface area (Å²) in [7, 11) is 0. The number of nitrogen functional groups attached to an aromatic ring is 1. The number of nitrogens with zero attached hydrogens (tertiary/aromatic N) is 1. The molecule has 0 aliphatic rings. The van der Waals surface area contributed by atoms with Gasteiger partial charge in [-0.1, -0.05) is 17.7 Å². The fraction of sp³-hybridized carbons (Fsp3) is 0.250. The number of H-pyrrole nitrogens is 1. The van der Waals surface area contributed by atoms with Crippen LogP contribution in [0.3, 0.4) is 0 Å². The summed E-state index contributed by atoms with van der Waals surface area (Å²) >= 11 is 2.23. The van der Waals surface area contributed by atoms with E-state index in [2.05, 4.69) is 65.7 Å². The lowest BCUT2D eigenvalue weighted by molar-refractivity contribution is 1.10. The lowest BCUT2D eigenvalue weighted by Gasteiger charge is -2.09. The van der Waals surface area contributed by atoms with Crippen molar-refractivity contribution >= 4 is 28.4 Å². The Labute approximate surface area is 109 Å². The fourth-order valence-corrected chi connectivity index (χ4v) is 2.59. The highest BCUT2D eigenvalue weighted by atomic mass is 127. The summed E-state index contributed by atoms with van der Waals surface area (Å²) in [5.41, 5.74) is 11.8. The van der Waals surface area contributed by atoms with Crippen LogP contribution in [0.2, 0.25) is 0 Å². The highest BCUT2D eigenvalue weighted by Gasteiger charge is 2.14. The Morgan fingerprint density at radius 1 is 1.19 bits per heavy atom. The number of hydrogen-bond donors (Lipinski definition) is 2. The molecule has 1 aromatic heterocycles. The van der Waals surface area contributed by atoms with Crippen LogP contribution in [0.25, 0.3) is 11.3 Å². The van der Waals surface area contributed by atoms with Crippen LogP contribution in [-0.4, -0.2) is 10.2 Å². The number of hydrogen-bond acceptors (Lipinski definition) is 2. The summed E-state index contributed by atoms with van der Waals surface area (Å²) in [5.74, 6) is 0.565. The first-order valence-electron chi connectivity index (χ1n) is 5.08. The molecule has 3 nitrogen and oxygen atoms in total. The molecule has 0 aliphatic carbocycles. The molecule has 0 unspecified atom stereocenters. The maximum atomic E-state index is 5.76. The van der Waals surface area contributed by atoms with Crippen molar-refractivity contribution in [1.82, 2.24) is 10.2 Å². The summed E-state index contributed by atoms with van der Waals surface area (Å²) in [6.45, 7) is 6.33. The molecule has 0 saturated heterocycles. The van der Waals surface area contributed by atoms with E-state index < -0.39 is 0 Å². The molecule has 2 rings (SSSR count). The van der Waals surface area contributed by atoms with E-state index in [0.717, 1.165) is 9.26 Å². The van der Waals surface area contributed by atoms with Gasteiger partial charge < -0.3 is 5.73 Å². The Balaban J connectivity index is 2.69. The minimum atomic E-state index is 0.565. The monoisotopic (exact) mass is 327 g/mol. The summed E-state index contributed by atoms with van der Waals surface area (Å²) in [6.07, 6.45) is 0. The summed E-state index contributed by atoms with van der Waals surface area (Å²) in [6, 6.07) is 4.35. The Kier molecular flexibility index (Phi) is 2.92. The van der Waals surface area contributed by atoms with Gasteiger partial charge in [-0.25, -0.2) is 0 Å². The fourth-order valence-electron chi connectivity index (χ4n) is 2.08. The lowest BCUT2D eigenvalue weighted by atomic mass is 9.97. The van der Waals surface area contributed by atoms with Crippen molar-refractivity contribution in [2.45, 2.75) is 20.8 Å². The zero-order chi connectivity index (χ0) is 11.9. The first-order valence-corrected chi connectivity index (χ1v) is 6.16. The van der Waals surface area contributed by atoms with Crippen LogP contribution in [0.5, 0.6) is 0 Å². The van der Waals surface area contributed by atoms with E-state index >= 15 is 0 Å². The van der Waals surface area contributed by atoms with E-state index in [-0.39, 0.29) is 0 Å². The second kappa shape index (κ2) is 4.08. The Morgan fingerprint density at radius 2 is 1.75 bits per heavy atom. The average Bonchev–Trinajstić information content (AvgIpc) is 2.48. The van der Waals surface area contributed by atoms with Crippen molar-refractivity contribution in [3.63, 3.8) is 0 Å². The number of aromatic nitrogens is 2. The zero-order valence-electron chi connectivity index (χ0n) is 9.56. The van der Waals surface area contributed by atoms with Gasteiger partial charge in [-0.2, -0.15) is 5.10 Å². The van der Waals surface area contributed by atoms with Gasteiger partial charge in [0.25, 0.3) is 0 Å². The number of nitrogens with one attached hydrogen (secondary N) is 1. The van der Waals surface area contributed by atoms with E-state index in [1.807, 2.05) is 0 Å². The number of benzene rings is 1. The maximum absolute atomic E-state index is 5.76. The number of aromatic amines is 1. The smallest absolute Gasteiger partial charge is 0.159 e. The molecule has 4 heteroatoms. The second-order valence-corrected chi connectivity index (χ2v) is 5.15. The maximum Gasteiger partial charge on any atom is 0.159 e. The quantitative estimate of drug-likeness (QED) is 0.791. The van der Waals surface area contributed by atoms with Gasteiger partial charge >= 0.3 is 0 Å². The van der Waals surface area contributed by atoms with E-state index in [9.17, 15) is 0 Å². The molecule has 0 amide bonds. The second-order valence-electron chi connectivity index (χ2n) is 4.07. The first kappa shape index (κ1) is 11.4. The summed E-state index contributed by atoms with van der Waals surface area (Å²) < 4.78 is 0.993. The normalized spacial score (nSPS) is 10.8. The summed E-state index contributed by atoms with van der Waals surface area (Å²) in [5, 5.41) is 7.05. The minimum Gasteiger partial charge on any atom is -0.381 e. The Bertz CT molecular complexity index is 520. The minimum absolute atomic E-state index is 0.565. The molecular formula is C12H14IN3. The molecular weight excluding hydrogens is 313 g/mol. The standard InChI is InChI=1S/C12H14IN3/c1-6-4-7(2)9(8(3)5-6)11-10(13)12(14)16-15-11/h4-5H,1-3H3,(H3,14,15,16). The Hall–Kier alpha value is -1.04. The van der Waals surface area contributed by atoms with Gasteiger partial charge in [0.15, 0.2) is 5.82 Å². The van der Waals surface area contributed by atoms with E-state index in [0.29, 0.717) is 5.82 Å². The van der Waals surface area contributed by atoms with Crippen molar-refractivity contribution in [3.05, 3.63) is 32.4 Å². The highest BCUT2D eigenvalue weighted by molar-refractivity contribution is 14.1. The average molecular weight is 327 g/mol. The number of rotatable bonds is 1. The number of halogens is 1. The molecule has 0 fully saturated rings. The van der Waals surface area contributed by atoms with Gasteiger partial charge in [0, 0.05) is 5.56 Å². The molecule has 0 bridgehead atoms. The van der Waals surface area contributed by atoms with Crippen molar-refractivity contribution in [3.8, 4) is 11.3 Å². The van der Waals surface area contributed by atoms with Crippen LogP contribution in [-0.2, 0) is 0 Å². The molecule has 1 aromatic carbocycles. The molecule has 0 spiro atoms. The number of nitrogens with two attached hydrogens (primary N) is 1. The van der Waals surface area contributed by atoms with Gasteiger partial charge in [0.1, 0.15) is 0 Å². The number of anilines is 1. The van der Waals surface area contributed by atoms with Crippen molar-refractivity contribution in [2.75, 3.05) is 5.73 Å². The van der Waals surface area contributed by atoms with E-state index in [1.54, 1.807) is 0 Å². The molecule has 2 aromatic rings. The predicted octanol–water partition coefficient (Wildman–Crippen LogP) is 3.19. The largest absolute Gasteiger partial charge is 0.381 e. The number of aryl methyl sites for hydroxylation is 3. The van der Waals surface area contributed by atoms with Crippen LogP contribution in [0.4, 0.5) is 5.82 Å². The molecule has 84 valence electrons. The van der Waals surface area contributed by atoms with Crippen LogP contribution in [0, 0.1) is 24.3 Å². The molecule has 0 aliphatic heterocycles. The highest BCUT2D eigenvalue weighted by Crippen LogP contribution is 2.32. The molecule has 0 radical (unpaired) electrons. The van der Waals surface area contributed by atoms with Gasteiger partial charge in [0.2, 0.25) is 0 Å². The molecule has 16 heavy (non-hydrogen) atoms. The molecule has 1 heterocycles. The molecule has 0 saturated carbocycles. The topological polar surface area (TPSA) is 54.7 Å². The predicted molar refractivity (Wildman–Crippen MR) is 75.4 cm³/mol. The molecule has 3 N–H and O–H groups in total. The Morgan fingerprint density at radius 3 is 2.19 bits per heavy atom. The van der Waals surface area contributed by atoms with Crippen LogP contribution < -0.4 is 5.73 Å². The van der Waals surface area contributed by atoms with E-state index in [4.69, 9.17) is 5.73 Å². The zero-order valence-corrected chi connectivity index (χ0v) is 11.7. The van der Waals surface area contributed by atoms with Gasteiger partial charge in [-0.3, -0.25) is 5.10 Å². The van der Waals surface area contributed by atoms with Crippen LogP contribution in [0.1, 0.15) is 16.7 Å². The summed E-state index contributed by atoms with van der Waals surface area (Å²) in [4.78, 5) is 0. The van der Waals surface area contributed by atoms with Crippen LogP contribution >= 0.6 is 22.6 Å². The SMILES string of the molecule is Cc1cc(C)c(-c2[nH]nc(N)c2I)c(C)c1. The third-order valence-corrected chi connectivity index (χ3v) is 3.75. The van der Waals surface area contributed by atoms with Crippen LogP contribution in [0.15, 0.2) is 12.1 Å². The third kappa shape index (κ3) is 1.81. The van der Waals surface area contributed by atoms with Crippen molar-refractivity contribution in [1.29, 1.82) is 0 Å². The lowest BCUT2D eigenvalue weighted by Crippen LogP contribution is -1.92. The van der Waals surface area contributed by atoms with E-state index in [1.165, 1.54) is 22.3 Å². The van der Waals surface area contributed by atoms with Crippen molar-refractivity contribution < 1.29 is 0 Å². The third-order valence-electron chi connectivity index (χ3n) is 2.66. The first-order chi connectivity index (χ1) is 7.50. The van der Waals surface area contributed by atoms with Gasteiger partial charge in [-0.15, -0.1) is 0 Å².